The Morgan fingerprint density at radius 1 is 1.33 bits per heavy atom. The predicted molar refractivity (Wildman–Crippen MR) is 72.7 cm³/mol. The van der Waals surface area contributed by atoms with Crippen molar-refractivity contribution in [2.45, 2.75) is 44.0 Å². The molecule has 1 N–H and O–H groups in total. The summed E-state index contributed by atoms with van der Waals surface area (Å²) in [5, 5.41) is 2.71. The maximum atomic E-state index is 12.2. The number of nitrogens with one attached hydrogen (secondary N) is 1. The number of rotatable bonds is 1. The van der Waals surface area contributed by atoms with Crippen molar-refractivity contribution in [3.63, 3.8) is 0 Å². The summed E-state index contributed by atoms with van der Waals surface area (Å²) in [5.74, 6) is 0.161. The van der Waals surface area contributed by atoms with Gasteiger partial charge in [-0.3, -0.25) is 4.79 Å². The molecule has 0 saturated carbocycles. The maximum Gasteiger partial charge on any atom is 0.240 e. The van der Waals surface area contributed by atoms with Gasteiger partial charge in [-0.1, -0.05) is 0 Å². The van der Waals surface area contributed by atoms with Gasteiger partial charge >= 0.3 is 0 Å². The first-order valence-corrected chi connectivity index (χ1v) is 7.90. The van der Waals surface area contributed by atoms with Crippen LogP contribution in [-0.4, -0.2) is 55.4 Å². The number of carbonyl (C=O) groups is 1. The monoisotopic (exact) mass is 296 g/mol. The van der Waals surface area contributed by atoms with Crippen LogP contribution in [0.5, 0.6) is 0 Å². The number of sulfone groups is 1. The van der Waals surface area contributed by atoms with E-state index in [-0.39, 0.29) is 36.2 Å². The molecule has 2 saturated heterocycles. The standard InChI is InChI=1S/C11H20N2O3S.ClH/c1-8-9(2)17(15,16)7-6-13(8)11(14)10-4-3-5-12-10;/h8-10,12H,3-7H2,1-2H3;1H. The van der Waals surface area contributed by atoms with Gasteiger partial charge in [-0.25, -0.2) is 8.42 Å². The minimum atomic E-state index is -3.01. The number of nitrogens with zero attached hydrogens (tertiary/aromatic N) is 1. The lowest BCUT2D eigenvalue weighted by Crippen LogP contribution is -2.57. The predicted octanol–water partition coefficient (Wildman–Crippen LogP) is 0.194. The fourth-order valence-electron chi connectivity index (χ4n) is 2.57. The molecule has 3 atom stereocenters. The molecular formula is C11H21ClN2O3S. The Balaban J connectivity index is 0.00000162. The SMILES string of the molecule is CC1C(C)S(=O)(=O)CCN1C(=O)C1CCCN1.Cl. The molecule has 3 unspecified atom stereocenters. The van der Waals surface area contributed by atoms with Crippen molar-refractivity contribution in [1.82, 2.24) is 10.2 Å². The van der Waals surface area contributed by atoms with Gasteiger partial charge in [0.05, 0.1) is 17.0 Å². The Kier molecular flexibility index (Phi) is 5.03. The first-order valence-electron chi connectivity index (χ1n) is 6.19. The van der Waals surface area contributed by atoms with Gasteiger partial charge in [-0.2, -0.15) is 0 Å². The Morgan fingerprint density at radius 3 is 2.56 bits per heavy atom. The van der Waals surface area contributed by atoms with Crippen LogP contribution in [0, 0.1) is 0 Å². The molecule has 0 spiro atoms. The fourth-order valence-corrected chi connectivity index (χ4v) is 4.14. The highest BCUT2D eigenvalue weighted by Gasteiger charge is 2.40. The van der Waals surface area contributed by atoms with Crippen molar-refractivity contribution in [3.8, 4) is 0 Å². The van der Waals surface area contributed by atoms with E-state index < -0.39 is 15.1 Å². The zero-order valence-electron chi connectivity index (χ0n) is 10.8. The molecule has 7 heteroatoms. The summed E-state index contributed by atoms with van der Waals surface area (Å²) in [5.41, 5.74) is 0. The fraction of sp³-hybridized carbons (Fsp3) is 0.909. The molecule has 106 valence electrons. The average molecular weight is 297 g/mol. The minimum absolute atomic E-state index is 0. The lowest BCUT2D eigenvalue weighted by Gasteiger charge is -2.38. The second-order valence-corrected chi connectivity index (χ2v) is 7.47. The molecule has 18 heavy (non-hydrogen) atoms. The van der Waals surface area contributed by atoms with Crippen LogP contribution in [0.25, 0.3) is 0 Å². The first-order chi connectivity index (χ1) is 7.93. The van der Waals surface area contributed by atoms with Crippen LogP contribution in [0.4, 0.5) is 0 Å². The third-order valence-corrected chi connectivity index (χ3v) is 6.27. The average Bonchev–Trinajstić information content (AvgIpc) is 2.79. The van der Waals surface area contributed by atoms with Crippen LogP contribution >= 0.6 is 12.4 Å². The highest BCUT2D eigenvalue weighted by molar-refractivity contribution is 7.92. The van der Waals surface area contributed by atoms with E-state index in [1.807, 2.05) is 6.92 Å². The van der Waals surface area contributed by atoms with Crippen molar-refractivity contribution in [2.75, 3.05) is 18.8 Å². The summed E-state index contributed by atoms with van der Waals surface area (Å²) in [6.07, 6.45) is 1.88. The van der Waals surface area contributed by atoms with Gasteiger partial charge in [0.1, 0.15) is 0 Å². The molecule has 2 fully saturated rings. The van der Waals surface area contributed by atoms with Gasteiger partial charge in [0, 0.05) is 12.6 Å². The Morgan fingerprint density at radius 2 is 2.00 bits per heavy atom. The Labute approximate surface area is 115 Å². The molecule has 0 radical (unpaired) electrons. The highest BCUT2D eigenvalue weighted by Crippen LogP contribution is 2.21. The molecule has 2 rings (SSSR count). The normalized spacial score (nSPS) is 35.0. The van der Waals surface area contributed by atoms with E-state index >= 15 is 0 Å². The van der Waals surface area contributed by atoms with Crippen LogP contribution in [0.3, 0.4) is 0 Å². The summed E-state index contributed by atoms with van der Waals surface area (Å²) in [6, 6.07) is -0.325. The molecule has 0 aliphatic carbocycles. The molecule has 2 aliphatic heterocycles. The highest BCUT2D eigenvalue weighted by atomic mass is 35.5. The van der Waals surface area contributed by atoms with Crippen molar-refractivity contribution < 1.29 is 13.2 Å². The van der Waals surface area contributed by atoms with Crippen molar-refractivity contribution >= 4 is 28.2 Å². The summed E-state index contributed by atoms with van der Waals surface area (Å²) >= 11 is 0. The van der Waals surface area contributed by atoms with Gasteiger partial charge in [0.25, 0.3) is 0 Å². The minimum Gasteiger partial charge on any atom is -0.336 e. The van der Waals surface area contributed by atoms with Crippen molar-refractivity contribution in [3.05, 3.63) is 0 Å². The molecule has 0 aromatic rings. The lowest BCUT2D eigenvalue weighted by molar-refractivity contribution is -0.135. The van der Waals surface area contributed by atoms with Crippen LogP contribution in [0.2, 0.25) is 0 Å². The van der Waals surface area contributed by atoms with E-state index in [9.17, 15) is 13.2 Å². The summed E-state index contributed by atoms with van der Waals surface area (Å²) in [7, 11) is -3.01. The molecule has 0 aromatic heterocycles. The number of hydrogen-bond acceptors (Lipinski definition) is 4. The Bertz CT molecular complexity index is 407. The van der Waals surface area contributed by atoms with E-state index in [2.05, 4.69) is 5.32 Å². The zero-order valence-corrected chi connectivity index (χ0v) is 12.4. The number of amides is 1. The van der Waals surface area contributed by atoms with Gasteiger partial charge < -0.3 is 10.2 Å². The molecule has 1 amide bonds. The van der Waals surface area contributed by atoms with E-state index in [1.54, 1.807) is 11.8 Å². The summed E-state index contributed by atoms with van der Waals surface area (Å²) in [4.78, 5) is 14.0. The topological polar surface area (TPSA) is 66.5 Å². The van der Waals surface area contributed by atoms with E-state index in [0.717, 1.165) is 19.4 Å². The van der Waals surface area contributed by atoms with Crippen molar-refractivity contribution in [1.29, 1.82) is 0 Å². The van der Waals surface area contributed by atoms with Crippen LogP contribution in [-0.2, 0) is 14.6 Å². The number of halogens is 1. The molecule has 2 aliphatic rings. The summed E-state index contributed by atoms with van der Waals surface area (Å²) < 4.78 is 23.5. The second kappa shape index (κ2) is 5.75. The Hall–Kier alpha value is -0.330. The number of carbonyl (C=O) groups excluding carboxylic acids is 1. The lowest BCUT2D eigenvalue weighted by atomic mass is 10.1. The number of hydrogen-bond donors (Lipinski definition) is 1. The second-order valence-electron chi connectivity index (χ2n) is 4.99. The third kappa shape index (κ3) is 2.81. The van der Waals surface area contributed by atoms with Crippen LogP contribution < -0.4 is 5.32 Å². The van der Waals surface area contributed by atoms with Gasteiger partial charge in [0.2, 0.25) is 5.91 Å². The summed E-state index contributed by atoms with van der Waals surface area (Å²) in [6.45, 7) is 4.74. The largest absolute Gasteiger partial charge is 0.336 e. The van der Waals surface area contributed by atoms with Gasteiger partial charge in [-0.05, 0) is 33.2 Å². The van der Waals surface area contributed by atoms with Gasteiger partial charge in [-0.15, -0.1) is 12.4 Å². The molecule has 0 aromatic carbocycles. The first kappa shape index (κ1) is 15.7. The van der Waals surface area contributed by atoms with Crippen LogP contribution in [0.15, 0.2) is 0 Å². The van der Waals surface area contributed by atoms with Gasteiger partial charge in [0.15, 0.2) is 9.84 Å². The van der Waals surface area contributed by atoms with Crippen LogP contribution in [0.1, 0.15) is 26.7 Å². The third-order valence-electron chi connectivity index (χ3n) is 4.00. The van der Waals surface area contributed by atoms with E-state index in [4.69, 9.17) is 0 Å². The van der Waals surface area contributed by atoms with E-state index in [0.29, 0.717) is 6.54 Å². The quantitative estimate of drug-likeness (QED) is 0.750. The molecule has 5 nitrogen and oxygen atoms in total. The van der Waals surface area contributed by atoms with E-state index in [1.165, 1.54) is 0 Å². The van der Waals surface area contributed by atoms with Crippen molar-refractivity contribution in [2.24, 2.45) is 0 Å². The molecular weight excluding hydrogens is 276 g/mol. The smallest absolute Gasteiger partial charge is 0.240 e. The zero-order chi connectivity index (χ0) is 12.6. The maximum absolute atomic E-state index is 12.2. The molecule has 0 bridgehead atoms. The molecule has 2 heterocycles.